The van der Waals surface area contributed by atoms with Gasteiger partial charge in [-0.05, 0) is 12.1 Å². The van der Waals surface area contributed by atoms with Crippen molar-refractivity contribution in [1.82, 2.24) is 14.8 Å². The highest BCUT2D eigenvalue weighted by Gasteiger charge is 2.14. The van der Waals surface area contributed by atoms with Gasteiger partial charge in [-0.3, -0.25) is 9.36 Å². The zero-order valence-electron chi connectivity index (χ0n) is 11.1. The number of ether oxygens (including phenoxy) is 1. The van der Waals surface area contributed by atoms with Gasteiger partial charge in [-0.15, -0.1) is 10.2 Å². The van der Waals surface area contributed by atoms with Crippen LogP contribution in [0.3, 0.4) is 0 Å². The van der Waals surface area contributed by atoms with Crippen molar-refractivity contribution in [3.8, 4) is 6.07 Å². The Bertz CT molecular complexity index is 717. The van der Waals surface area contributed by atoms with Gasteiger partial charge in [0.1, 0.15) is 18.9 Å². The number of carbonyl (C=O) groups is 2. The van der Waals surface area contributed by atoms with Crippen LogP contribution >= 0.6 is 0 Å². The molecule has 1 aromatic heterocycles. The van der Waals surface area contributed by atoms with Crippen molar-refractivity contribution in [3.05, 3.63) is 42.0 Å². The maximum Gasteiger partial charge on any atom is 0.339 e. The number of para-hydroxylation sites is 1. The van der Waals surface area contributed by atoms with Crippen LogP contribution in [-0.4, -0.2) is 33.8 Å². The van der Waals surface area contributed by atoms with E-state index in [1.807, 2.05) is 6.07 Å². The van der Waals surface area contributed by atoms with Crippen molar-refractivity contribution in [3.63, 3.8) is 0 Å². The maximum atomic E-state index is 12.0. The van der Waals surface area contributed by atoms with E-state index < -0.39 is 11.9 Å². The molecule has 0 unspecified atom stereocenters. The van der Waals surface area contributed by atoms with Crippen molar-refractivity contribution >= 4 is 17.6 Å². The normalized spacial score (nSPS) is 9.71. The molecule has 0 spiro atoms. The van der Waals surface area contributed by atoms with Crippen LogP contribution in [0, 0.1) is 11.3 Å². The number of amides is 1. The van der Waals surface area contributed by atoms with Gasteiger partial charge in [-0.2, -0.15) is 5.26 Å². The van der Waals surface area contributed by atoms with E-state index in [9.17, 15) is 9.59 Å². The zero-order valence-corrected chi connectivity index (χ0v) is 11.1. The summed E-state index contributed by atoms with van der Waals surface area (Å²) in [7, 11) is 1.26. The molecule has 1 heterocycles. The summed E-state index contributed by atoms with van der Waals surface area (Å²) in [6.07, 6.45) is 1.28. The molecular weight excluding hydrogens is 274 g/mol. The molecule has 2 rings (SSSR count). The van der Waals surface area contributed by atoms with E-state index in [0.717, 1.165) is 0 Å². The molecule has 1 N–H and O–H groups in total. The molecule has 0 atom stereocenters. The summed E-state index contributed by atoms with van der Waals surface area (Å²) in [6, 6.07) is 8.29. The number of nitrogens with zero attached hydrogens (tertiary/aromatic N) is 4. The van der Waals surface area contributed by atoms with Gasteiger partial charge >= 0.3 is 5.97 Å². The van der Waals surface area contributed by atoms with E-state index in [1.54, 1.807) is 24.3 Å². The molecule has 2 aromatic rings. The predicted molar refractivity (Wildman–Crippen MR) is 71.1 cm³/mol. The maximum absolute atomic E-state index is 12.0. The van der Waals surface area contributed by atoms with Gasteiger partial charge in [-0.25, -0.2) is 4.79 Å². The van der Waals surface area contributed by atoms with Crippen LogP contribution in [-0.2, 0) is 16.1 Å². The van der Waals surface area contributed by atoms with Crippen LogP contribution in [0.1, 0.15) is 16.2 Å². The average Bonchev–Trinajstić information content (AvgIpc) is 2.94. The summed E-state index contributed by atoms with van der Waals surface area (Å²) < 4.78 is 5.94. The third-order valence-corrected chi connectivity index (χ3v) is 2.64. The Morgan fingerprint density at radius 3 is 2.90 bits per heavy atom. The molecular formula is C13H11N5O3. The first-order valence-electron chi connectivity index (χ1n) is 5.90. The summed E-state index contributed by atoms with van der Waals surface area (Å²) in [5, 5.41) is 18.5. The summed E-state index contributed by atoms with van der Waals surface area (Å²) >= 11 is 0. The van der Waals surface area contributed by atoms with Crippen LogP contribution in [0.2, 0.25) is 0 Å². The van der Waals surface area contributed by atoms with Gasteiger partial charge in [0.05, 0.1) is 18.4 Å². The summed E-state index contributed by atoms with van der Waals surface area (Å²) in [5.41, 5.74) is 0.582. The number of hydrogen-bond donors (Lipinski definition) is 1. The van der Waals surface area contributed by atoms with Gasteiger partial charge in [0.2, 0.25) is 11.7 Å². The number of esters is 1. The lowest BCUT2D eigenvalue weighted by molar-refractivity contribution is -0.116. The highest BCUT2D eigenvalue weighted by molar-refractivity contribution is 6.01. The molecule has 0 radical (unpaired) electrons. The first-order chi connectivity index (χ1) is 10.2. The summed E-state index contributed by atoms with van der Waals surface area (Å²) in [4.78, 5) is 23.6. The lowest BCUT2D eigenvalue weighted by Crippen LogP contribution is -2.21. The monoisotopic (exact) mass is 285 g/mol. The number of nitrogens with one attached hydrogen (secondary N) is 1. The largest absolute Gasteiger partial charge is 0.465 e. The van der Waals surface area contributed by atoms with E-state index in [2.05, 4.69) is 20.3 Å². The third kappa shape index (κ3) is 3.22. The smallest absolute Gasteiger partial charge is 0.339 e. The van der Waals surface area contributed by atoms with Crippen molar-refractivity contribution < 1.29 is 14.3 Å². The quantitative estimate of drug-likeness (QED) is 0.822. The Balaban J connectivity index is 2.14. The standard InChI is InChI=1S/C13H11N5O3/c1-21-13(20)9-4-2-3-5-10(9)16-12(19)7-18-8-15-17-11(18)6-14/h2-5,8H,7H2,1H3,(H,16,19). The van der Waals surface area contributed by atoms with E-state index in [0.29, 0.717) is 5.69 Å². The number of anilines is 1. The molecule has 0 fully saturated rings. The lowest BCUT2D eigenvalue weighted by Gasteiger charge is -2.09. The van der Waals surface area contributed by atoms with Gasteiger partial charge in [0.25, 0.3) is 0 Å². The van der Waals surface area contributed by atoms with Gasteiger partial charge in [-0.1, -0.05) is 12.1 Å². The minimum atomic E-state index is -0.548. The summed E-state index contributed by atoms with van der Waals surface area (Å²) in [5.74, 6) is -0.929. The minimum absolute atomic E-state index is 0.0337. The number of hydrogen-bond acceptors (Lipinski definition) is 6. The molecule has 8 nitrogen and oxygen atoms in total. The molecule has 106 valence electrons. The Kier molecular flexibility index (Phi) is 4.26. The molecule has 8 heteroatoms. The van der Waals surface area contributed by atoms with Crippen molar-refractivity contribution in [2.75, 3.05) is 12.4 Å². The number of aromatic nitrogens is 3. The molecule has 0 aliphatic heterocycles. The van der Waals surface area contributed by atoms with Crippen LogP contribution in [0.4, 0.5) is 5.69 Å². The molecule has 0 saturated carbocycles. The van der Waals surface area contributed by atoms with Crippen LogP contribution in [0.5, 0.6) is 0 Å². The van der Waals surface area contributed by atoms with E-state index in [1.165, 1.54) is 18.0 Å². The third-order valence-electron chi connectivity index (χ3n) is 2.64. The Morgan fingerprint density at radius 2 is 2.19 bits per heavy atom. The van der Waals surface area contributed by atoms with Gasteiger partial charge in [0, 0.05) is 0 Å². The van der Waals surface area contributed by atoms with Crippen LogP contribution < -0.4 is 5.32 Å². The molecule has 1 amide bonds. The lowest BCUT2D eigenvalue weighted by atomic mass is 10.2. The minimum Gasteiger partial charge on any atom is -0.465 e. The average molecular weight is 285 g/mol. The highest BCUT2D eigenvalue weighted by Crippen LogP contribution is 2.16. The molecule has 0 aliphatic rings. The van der Waals surface area contributed by atoms with E-state index >= 15 is 0 Å². The molecule has 0 aliphatic carbocycles. The Labute approximate surface area is 120 Å². The highest BCUT2D eigenvalue weighted by atomic mass is 16.5. The fourth-order valence-electron chi connectivity index (χ4n) is 1.68. The second kappa shape index (κ2) is 6.29. The Morgan fingerprint density at radius 1 is 1.43 bits per heavy atom. The molecule has 0 bridgehead atoms. The number of benzene rings is 1. The number of carbonyl (C=O) groups excluding carboxylic acids is 2. The molecule has 0 saturated heterocycles. The topological polar surface area (TPSA) is 110 Å². The van der Waals surface area contributed by atoms with E-state index in [4.69, 9.17) is 5.26 Å². The van der Waals surface area contributed by atoms with Crippen LogP contribution in [0.25, 0.3) is 0 Å². The van der Waals surface area contributed by atoms with Gasteiger partial charge < -0.3 is 10.1 Å². The molecule has 1 aromatic carbocycles. The number of methoxy groups -OCH3 is 1. The second-order valence-electron chi connectivity index (χ2n) is 3.98. The number of nitriles is 1. The molecule has 21 heavy (non-hydrogen) atoms. The van der Waals surface area contributed by atoms with Crippen molar-refractivity contribution in [1.29, 1.82) is 5.26 Å². The van der Waals surface area contributed by atoms with E-state index in [-0.39, 0.29) is 17.9 Å². The Hall–Kier alpha value is -3.21. The first kappa shape index (κ1) is 14.2. The fraction of sp³-hybridized carbons (Fsp3) is 0.154. The zero-order chi connectivity index (χ0) is 15.2. The SMILES string of the molecule is COC(=O)c1ccccc1NC(=O)Cn1cnnc1C#N. The fourth-order valence-corrected chi connectivity index (χ4v) is 1.68. The first-order valence-corrected chi connectivity index (χ1v) is 5.90. The van der Waals surface area contributed by atoms with Crippen molar-refractivity contribution in [2.24, 2.45) is 0 Å². The van der Waals surface area contributed by atoms with Crippen molar-refractivity contribution in [2.45, 2.75) is 6.54 Å². The predicted octanol–water partition coefficient (Wildman–Crippen LogP) is 0.575. The van der Waals surface area contributed by atoms with Crippen LogP contribution in [0.15, 0.2) is 30.6 Å². The second-order valence-corrected chi connectivity index (χ2v) is 3.98. The van der Waals surface area contributed by atoms with Gasteiger partial charge in [0.15, 0.2) is 0 Å². The summed E-state index contributed by atoms with van der Waals surface area (Å²) in [6.45, 7) is -0.134. The number of rotatable bonds is 4.